The highest BCUT2D eigenvalue weighted by Gasteiger charge is 2.31. The zero-order valence-electron chi connectivity index (χ0n) is 12.3. The van der Waals surface area contributed by atoms with Gasteiger partial charge in [-0.2, -0.15) is 0 Å². The Balaban J connectivity index is 1.72. The minimum absolute atomic E-state index is 0.141. The Morgan fingerprint density at radius 2 is 1.86 bits per heavy atom. The third-order valence-electron chi connectivity index (χ3n) is 4.77. The maximum atomic E-state index is 12.9. The van der Waals surface area contributed by atoms with E-state index in [2.05, 4.69) is 37.3 Å². The van der Waals surface area contributed by atoms with Crippen LogP contribution in [0.5, 0.6) is 0 Å². The molecule has 1 amide bonds. The summed E-state index contributed by atoms with van der Waals surface area (Å²) in [7, 11) is 0. The van der Waals surface area contributed by atoms with Crippen molar-refractivity contribution in [3.63, 3.8) is 0 Å². The summed E-state index contributed by atoms with van der Waals surface area (Å²) in [5.74, 6) is 0.141. The van der Waals surface area contributed by atoms with Gasteiger partial charge in [0, 0.05) is 17.3 Å². The molecule has 106 valence electrons. The topological polar surface area (TPSA) is 20.3 Å². The number of anilines is 1. The van der Waals surface area contributed by atoms with Crippen molar-refractivity contribution in [2.45, 2.75) is 38.6 Å². The van der Waals surface area contributed by atoms with Crippen molar-refractivity contribution in [1.82, 2.24) is 0 Å². The molecule has 0 bridgehead atoms. The molecule has 2 nitrogen and oxygen atoms in total. The van der Waals surface area contributed by atoms with Crippen LogP contribution >= 0.6 is 0 Å². The van der Waals surface area contributed by atoms with Gasteiger partial charge in [0.1, 0.15) is 0 Å². The van der Waals surface area contributed by atoms with Gasteiger partial charge >= 0.3 is 0 Å². The minimum Gasteiger partial charge on any atom is -0.305 e. The van der Waals surface area contributed by atoms with Crippen LogP contribution in [0.25, 0.3) is 0 Å². The molecule has 0 saturated carbocycles. The number of nitrogens with zero attached hydrogens (tertiary/aromatic N) is 1. The van der Waals surface area contributed by atoms with Gasteiger partial charge in [-0.3, -0.25) is 4.79 Å². The van der Waals surface area contributed by atoms with Crippen LogP contribution < -0.4 is 4.90 Å². The van der Waals surface area contributed by atoms with Crippen molar-refractivity contribution < 1.29 is 4.79 Å². The Labute approximate surface area is 125 Å². The van der Waals surface area contributed by atoms with Gasteiger partial charge in [-0.1, -0.05) is 24.3 Å². The van der Waals surface area contributed by atoms with Crippen molar-refractivity contribution >= 4 is 11.6 Å². The average Bonchev–Trinajstić information content (AvgIpc) is 3.08. The first-order valence-corrected chi connectivity index (χ1v) is 7.77. The van der Waals surface area contributed by atoms with Crippen molar-refractivity contribution in [2.75, 3.05) is 4.90 Å². The molecule has 2 aromatic carbocycles. The second kappa shape index (κ2) is 4.73. The number of rotatable bonds is 1. The van der Waals surface area contributed by atoms with E-state index in [-0.39, 0.29) is 11.9 Å². The zero-order chi connectivity index (χ0) is 14.4. The zero-order valence-corrected chi connectivity index (χ0v) is 12.3. The van der Waals surface area contributed by atoms with Gasteiger partial charge < -0.3 is 4.90 Å². The van der Waals surface area contributed by atoms with Gasteiger partial charge in [0.05, 0.1) is 0 Å². The van der Waals surface area contributed by atoms with Crippen molar-refractivity contribution in [2.24, 2.45) is 0 Å². The van der Waals surface area contributed by atoms with Gasteiger partial charge in [-0.15, -0.1) is 0 Å². The van der Waals surface area contributed by atoms with Crippen LogP contribution in [0.15, 0.2) is 42.5 Å². The summed E-state index contributed by atoms with van der Waals surface area (Å²) in [4.78, 5) is 14.9. The van der Waals surface area contributed by atoms with E-state index >= 15 is 0 Å². The number of amides is 1. The maximum absolute atomic E-state index is 12.9. The van der Waals surface area contributed by atoms with E-state index in [1.807, 2.05) is 17.0 Å². The van der Waals surface area contributed by atoms with Gasteiger partial charge in [0.15, 0.2) is 0 Å². The molecule has 0 radical (unpaired) electrons. The molecule has 0 saturated heterocycles. The SMILES string of the molecule is CC1Cc2ccccc2N1C(=O)c1ccc2c(c1)CCC2. The van der Waals surface area contributed by atoms with Gasteiger partial charge in [-0.25, -0.2) is 0 Å². The highest BCUT2D eigenvalue weighted by molar-refractivity contribution is 6.07. The molecule has 2 heteroatoms. The molecular formula is C19H19NO. The second-order valence-electron chi connectivity index (χ2n) is 6.19. The molecule has 1 unspecified atom stereocenters. The summed E-state index contributed by atoms with van der Waals surface area (Å²) in [6.45, 7) is 2.13. The predicted octanol–water partition coefficient (Wildman–Crippen LogP) is 3.77. The Morgan fingerprint density at radius 1 is 1.05 bits per heavy atom. The lowest BCUT2D eigenvalue weighted by atomic mass is 10.1. The average molecular weight is 277 g/mol. The summed E-state index contributed by atoms with van der Waals surface area (Å²) in [5.41, 5.74) is 5.97. The highest BCUT2D eigenvalue weighted by atomic mass is 16.2. The van der Waals surface area contributed by atoms with E-state index in [1.165, 1.54) is 23.1 Å². The molecular weight excluding hydrogens is 258 g/mol. The lowest BCUT2D eigenvalue weighted by Gasteiger charge is -2.23. The number of fused-ring (bicyclic) bond motifs is 2. The number of carbonyl (C=O) groups excluding carboxylic acids is 1. The molecule has 1 aliphatic heterocycles. The van der Waals surface area contributed by atoms with Crippen LogP contribution in [-0.2, 0) is 19.3 Å². The number of para-hydroxylation sites is 1. The smallest absolute Gasteiger partial charge is 0.258 e. The standard InChI is InChI=1S/C19H19NO/c1-13-11-16-5-2-3-8-18(16)20(13)19(21)17-10-9-14-6-4-7-15(14)12-17/h2-3,5,8-10,12-13H,4,6-7,11H2,1H3. The van der Waals surface area contributed by atoms with Crippen LogP contribution in [0, 0.1) is 0 Å². The summed E-state index contributed by atoms with van der Waals surface area (Å²) in [5, 5.41) is 0. The first-order chi connectivity index (χ1) is 10.2. The Bertz CT molecular complexity index is 719. The molecule has 21 heavy (non-hydrogen) atoms. The number of aryl methyl sites for hydroxylation is 2. The number of benzene rings is 2. The van der Waals surface area contributed by atoms with Crippen LogP contribution in [-0.4, -0.2) is 11.9 Å². The fraction of sp³-hybridized carbons (Fsp3) is 0.316. The van der Waals surface area contributed by atoms with Crippen molar-refractivity contribution in [3.05, 3.63) is 64.7 Å². The van der Waals surface area contributed by atoms with E-state index < -0.39 is 0 Å². The van der Waals surface area contributed by atoms with Crippen LogP contribution in [0.2, 0.25) is 0 Å². The molecule has 1 aliphatic carbocycles. The van der Waals surface area contributed by atoms with E-state index in [1.54, 1.807) is 0 Å². The van der Waals surface area contributed by atoms with E-state index in [0.717, 1.165) is 30.5 Å². The summed E-state index contributed by atoms with van der Waals surface area (Å²) < 4.78 is 0. The molecule has 0 N–H and O–H groups in total. The Kier molecular flexibility index (Phi) is 2.85. The molecule has 1 atom stereocenters. The van der Waals surface area contributed by atoms with E-state index in [9.17, 15) is 4.79 Å². The number of carbonyl (C=O) groups is 1. The lowest BCUT2D eigenvalue weighted by Crippen LogP contribution is -2.35. The highest BCUT2D eigenvalue weighted by Crippen LogP contribution is 2.33. The molecule has 2 aliphatic rings. The van der Waals surface area contributed by atoms with Crippen molar-refractivity contribution in [1.29, 1.82) is 0 Å². The minimum atomic E-state index is 0.141. The van der Waals surface area contributed by atoms with Gasteiger partial charge in [-0.05, 0) is 67.5 Å². The Morgan fingerprint density at radius 3 is 2.76 bits per heavy atom. The quantitative estimate of drug-likeness (QED) is 0.777. The van der Waals surface area contributed by atoms with Gasteiger partial charge in [0.25, 0.3) is 5.91 Å². The predicted molar refractivity (Wildman–Crippen MR) is 84.9 cm³/mol. The second-order valence-corrected chi connectivity index (χ2v) is 6.19. The van der Waals surface area contributed by atoms with Crippen LogP contribution in [0.1, 0.15) is 40.4 Å². The molecule has 0 fully saturated rings. The fourth-order valence-corrected chi connectivity index (χ4v) is 3.72. The number of hydrogen-bond donors (Lipinski definition) is 0. The summed E-state index contributed by atoms with van der Waals surface area (Å²) in [6, 6.07) is 14.7. The van der Waals surface area contributed by atoms with Crippen molar-refractivity contribution in [3.8, 4) is 0 Å². The van der Waals surface area contributed by atoms with E-state index in [4.69, 9.17) is 0 Å². The van der Waals surface area contributed by atoms with Crippen LogP contribution in [0.4, 0.5) is 5.69 Å². The first-order valence-electron chi connectivity index (χ1n) is 7.77. The van der Waals surface area contributed by atoms with E-state index in [0.29, 0.717) is 0 Å². The summed E-state index contributed by atoms with van der Waals surface area (Å²) >= 11 is 0. The molecule has 0 aromatic heterocycles. The maximum Gasteiger partial charge on any atom is 0.258 e. The fourth-order valence-electron chi connectivity index (χ4n) is 3.72. The third kappa shape index (κ3) is 1.98. The lowest BCUT2D eigenvalue weighted by molar-refractivity contribution is 0.0981. The molecule has 0 spiro atoms. The number of hydrogen-bond acceptors (Lipinski definition) is 1. The third-order valence-corrected chi connectivity index (χ3v) is 4.77. The Hall–Kier alpha value is -2.09. The van der Waals surface area contributed by atoms with Crippen LogP contribution in [0.3, 0.4) is 0 Å². The normalized spacial score (nSPS) is 19.5. The largest absolute Gasteiger partial charge is 0.305 e. The van der Waals surface area contributed by atoms with Gasteiger partial charge in [0.2, 0.25) is 0 Å². The molecule has 4 rings (SSSR count). The summed E-state index contributed by atoms with van der Waals surface area (Å²) in [6.07, 6.45) is 4.44. The monoisotopic (exact) mass is 277 g/mol. The molecule has 1 heterocycles. The molecule has 2 aromatic rings. The first kappa shape index (κ1) is 12.6.